The Labute approximate surface area is 88.9 Å². The molecule has 3 aliphatic rings. The van der Waals surface area contributed by atoms with Gasteiger partial charge >= 0.3 is 0 Å². The van der Waals surface area contributed by atoms with E-state index in [2.05, 4.69) is 5.32 Å². The highest BCUT2D eigenvalue weighted by molar-refractivity contribution is 6.18. The standard InChI is InChI=1S/C12H15NO2/c14-9-11(5-1-2-6-11)10(15)13-12(9)7-3-4-8-12/h3,7H,1-2,4-6,8H2,(H,13,15). The van der Waals surface area contributed by atoms with Gasteiger partial charge in [-0.15, -0.1) is 0 Å². The number of amides is 1. The molecule has 0 aromatic carbocycles. The lowest BCUT2D eigenvalue weighted by molar-refractivity contribution is -0.135. The number of nitrogens with one attached hydrogen (secondary N) is 1. The topological polar surface area (TPSA) is 46.2 Å². The average molecular weight is 205 g/mol. The minimum Gasteiger partial charge on any atom is -0.339 e. The van der Waals surface area contributed by atoms with E-state index in [1.54, 1.807) is 0 Å². The first-order valence-corrected chi connectivity index (χ1v) is 5.75. The fourth-order valence-corrected chi connectivity index (χ4v) is 3.31. The van der Waals surface area contributed by atoms with Crippen LogP contribution in [0.2, 0.25) is 0 Å². The Morgan fingerprint density at radius 3 is 2.47 bits per heavy atom. The second-order valence-electron chi connectivity index (χ2n) is 4.98. The van der Waals surface area contributed by atoms with Crippen molar-refractivity contribution < 1.29 is 9.59 Å². The molecule has 1 saturated heterocycles. The second kappa shape index (κ2) is 2.71. The quantitative estimate of drug-likeness (QED) is 0.479. The van der Waals surface area contributed by atoms with Crippen LogP contribution >= 0.6 is 0 Å². The van der Waals surface area contributed by atoms with Crippen molar-refractivity contribution in [2.24, 2.45) is 5.41 Å². The number of hydrogen-bond acceptors (Lipinski definition) is 2. The molecular weight excluding hydrogens is 190 g/mol. The molecule has 1 N–H and O–H groups in total. The Bertz CT molecular complexity index is 366. The van der Waals surface area contributed by atoms with Gasteiger partial charge in [-0.05, 0) is 25.7 Å². The van der Waals surface area contributed by atoms with Gasteiger partial charge in [0.2, 0.25) is 5.91 Å². The van der Waals surface area contributed by atoms with E-state index >= 15 is 0 Å². The largest absolute Gasteiger partial charge is 0.339 e. The Balaban J connectivity index is 2.03. The van der Waals surface area contributed by atoms with Crippen LogP contribution in [0.4, 0.5) is 0 Å². The molecule has 2 spiro atoms. The molecule has 2 aliphatic carbocycles. The molecule has 2 fully saturated rings. The van der Waals surface area contributed by atoms with Crippen molar-refractivity contribution in [2.45, 2.75) is 44.1 Å². The lowest BCUT2D eigenvalue weighted by Crippen LogP contribution is -2.43. The summed E-state index contributed by atoms with van der Waals surface area (Å²) < 4.78 is 0. The molecule has 1 atom stereocenters. The summed E-state index contributed by atoms with van der Waals surface area (Å²) in [6, 6.07) is 0. The highest BCUT2D eigenvalue weighted by Crippen LogP contribution is 2.48. The lowest BCUT2D eigenvalue weighted by atomic mass is 9.77. The first-order valence-electron chi connectivity index (χ1n) is 5.75. The maximum atomic E-state index is 12.4. The van der Waals surface area contributed by atoms with Gasteiger partial charge in [-0.1, -0.05) is 25.0 Å². The fourth-order valence-electron chi connectivity index (χ4n) is 3.31. The van der Waals surface area contributed by atoms with Gasteiger partial charge in [0.05, 0.1) is 0 Å². The predicted molar refractivity (Wildman–Crippen MR) is 55.2 cm³/mol. The second-order valence-corrected chi connectivity index (χ2v) is 4.98. The van der Waals surface area contributed by atoms with Crippen molar-refractivity contribution in [3.63, 3.8) is 0 Å². The van der Waals surface area contributed by atoms with Crippen LogP contribution in [0.5, 0.6) is 0 Å². The van der Waals surface area contributed by atoms with Crippen LogP contribution in [-0.2, 0) is 9.59 Å². The molecule has 80 valence electrons. The average Bonchev–Trinajstić information content (AvgIpc) is 2.88. The van der Waals surface area contributed by atoms with Crippen molar-refractivity contribution in [3.05, 3.63) is 12.2 Å². The normalized spacial score (nSPS) is 37.1. The lowest BCUT2D eigenvalue weighted by Gasteiger charge is -2.21. The SMILES string of the molecule is O=C1NC2(C=CCC2)C(=O)C12CCCC2. The van der Waals surface area contributed by atoms with Gasteiger partial charge in [0.15, 0.2) is 5.78 Å². The first-order chi connectivity index (χ1) is 7.20. The number of Topliss-reactive ketones (excluding diaryl/α,β-unsaturated/α-hetero) is 1. The monoisotopic (exact) mass is 205 g/mol. The van der Waals surface area contributed by atoms with Crippen molar-refractivity contribution in [2.75, 3.05) is 0 Å². The highest BCUT2D eigenvalue weighted by Gasteiger charge is 2.62. The van der Waals surface area contributed by atoms with Crippen LogP contribution in [0, 0.1) is 5.41 Å². The van der Waals surface area contributed by atoms with E-state index in [-0.39, 0.29) is 11.7 Å². The number of carbonyl (C=O) groups excluding carboxylic acids is 2. The van der Waals surface area contributed by atoms with Crippen LogP contribution in [-0.4, -0.2) is 17.2 Å². The highest BCUT2D eigenvalue weighted by atomic mass is 16.2. The van der Waals surface area contributed by atoms with E-state index in [1.165, 1.54) is 0 Å². The van der Waals surface area contributed by atoms with Crippen molar-refractivity contribution >= 4 is 11.7 Å². The van der Waals surface area contributed by atoms with Gasteiger partial charge in [-0.25, -0.2) is 0 Å². The van der Waals surface area contributed by atoms with E-state index in [4.69, 9.17) is 0 Å². The van der Waals surface area contributed by atoms with E-state index in [0.717, 1.165) is 38.5 Å². The number of hydrogen-bond donors (Lipinski definition) is 1. The van der Waals surface area contributed by atoms with Gasteiger partial charge < -0.3 is 5.32 Å². The third-order valence-corrected chi connectivity index (χ3v) is 4.18. The molecule has 0 aromatic heterocycles. The zero-order chi connectivity index (χ0) is 10.5. The zero-order valence-electron chi connectivity index (χ0n) is 8.71. The first kappa shape index (κ1) is 9.13. The Morgan fingerprint density at radius 2 is 1.87 bits per heavy atom. The van der Waals surface area contributed by atoms with Crippen LogP contribution < -0.4 is 5.32 Å². The van der Waals surface area contributed by atoms with Crippen molar-refractivity contribution in [3.8, 4) is 0 Å². The predicted octanol–water partition coefficient (Wildman–Crippen LogP) is 1.33. The summed E-state index contributed by atoms with van der Waals surface area (Å²) in [6.45, 7) is 0. The summed E-state index contributed by atoms with van der Waals surface area (Å²) in [6.07, 6.45) is 9.12. The Kier molecular flexibility index (Phi) is 1.65. The minimum atomic E-state index is -0.658. The number of carbonyl (C=O) groups is 2. The fraction of sp³-hybridized carbons (Fsp3) is 0.667. The summed E-state index contributed by atoms with van der Waals surface area (Å²) >= 11 is 0. The maximum Gasteiger partial charge on any atom is 0.234 e. The number of rotatable bonds is 0. The van der Waals surface area contributed by atoms with Crippen molar-refractivity contribution in [1.82, 2.24) is 5.32 Å². The van der Waals surface area contributed by atoms with E-state index in [1.807, 2.05) is 12.2 Å². The summed E-state index contributed by atoms with van der Waals surface area (Å²) in [4.78, 5) is 24.4. The van der Waals surface area contributed by atoms with Gasteiger partial charge in [-0.2, -0.15) is 0 Å². The molecule has 1 saturated carbocycles. The van der Waals surface area contributed by atoms with Gasteiger partial charge in [-0.3, -0.25) is 9.59 Å². The number of allylic oxidation sites excluding steroid dienone is 1. The summed E-state index contributed by atoms with van der Waals surface area (Å²) in [5.74, 6) is 0.128. The van der Waals surface area contributed by atoms with Gasteiger partial charge in [0.1, 0.15) is 11.0 Å². The molecule has 1 amide bonds. The van der Waals surface area contributed by atoms with Crippen LogP contribution in [0.15, 0.2) is 12.2 Å². The van der Waals surface area contributed by atoms with Crippen molar-refractivity contribution in [1.29, 1.82) is 0 Å². The molecule has 0 bridgehead atoms. The third kappa shape index (κ3) is 0.959. The molecule has 1 heterocycles. The van der Waals surface area contributed by atoms with E-state index in [9.17, 15) is 9.59 Å². The molecule has 0 aromatic rings. The van der Waals surface area contributed by atoms with E-state index in [0.29, 0.717) is 0 Å². The van der Waals surface area contributed by atoms with Gasteiger partial charge in [0, 0.05) is 0 Å². The molecule has 0 radical (unpaired) electrons. The molecule has 1 unspecified atom stereocenters. The summed E-state index contributed by atoms with van der Waals surface area (Å²) in [5, 5.41) is 2.94. The Morgan fingerprint density at radius 1 is 1.13 bits per heavy atom. The molecular formula is C12H15NO2. The zero-order valence-corrected chi connectivity index (χ0v) is 8.71. The summed E-state index contributed by atoms with van der Waals surface area (Å²) in [5.41, 5.74) is -1.28. The van der Waals surface area contributed by atoms with Crippen LogP contribution in [0.1, 0.15) is 38.5 Å². The minimum absolute atomic E-state index is 0.0171. The molecule has 3 heteroatoms. The smallest absolute Gasteiger partial charge is 0.234 e. The summed E-state index contributed by atoms with van der Waals surface area (Å²) in [7, 11) is 0. The third-order valence-electron chi connectivity index (χ3n) is 4.18. The molecule has 3 nitrogen and oxygen atoms in total. The maximum absolute atomic E-state index is 12.4. The molecule has 1 aliphatic heterocycles. The molecule has 3 rings (SSSR count). The van der Waals surface area contributed by atoms with Crippen LogP contribution in [0.3, 0.4) is 0 Å². The molecule has 15 heavy (non-hydrogen) atoms. The Hall–Kier alpha value is -1.12. The van der Waals surface area contributed by atoms with E-state index < -0.39 is 11.0 Å². The van der Waals surface area contributed by atoms with Crippen LogP contribution in [0.25, 0.3) is 0 Å². The number of ketones is 1. The van der Waals surface area contributed by atoms with Gasteiger partial charge in [0.25, 0.3) is 0 Å².